The summed E-state index contributed by atoms with van der Waals surface area (Å²) in [6.45, 7) is -0.0390. The second-order valence-corrected chi connectivity index (χ2v) is 7.93. The Morgan fingerprint density at radius 3 is 2.32 bits per heavy atom. The quantitative estimate of drug-likeness (QED) is 0.381. The third-order valence-corrected chi connectivity index (χ3v) is 4.54. The summed E-state index contributed by atoms with van der Waals surface area (Å²) >= 11 is 0. The molecule has 2 atom stereocenters. The number of carbonyl (C=O) groups excluding carboxylic acids is 1. The minimum atomic E-state index is -3.60. The first-order valence-electron chi connectivity index (χ1n) is 8.26. The van der Waals surface area contributed by atoms with E-state index in [0.717, 1.165) is 6.26 Å². The van der Waals surface area contributed by atoms with E-state index in [4.69, 9.17) is 10.5 Å². The van der Waals surface area contributed by atoms with E-state index in [2.05, 4.69) is 10.0 Å². The third-order valence-electron chi connectivity index (χ3n) is 3.95. The zero-order valence-electron chi connectivity index (χ0n) is 15.4. The molecule has 10 heteroatoms. The van der Waals surface area contributed by atoms with E-state index >= 15 is 0 Å². The lowest BCUT2D eigenvalue weighted by atomic mass is 10.0. The molecule has 0 aliphatic rings. The molecule has 1 unspecified atom stereocenters. The highest BCUT2D eigenvalue weighted by atomic mass is 32.2. The first kappa shape index (κ1) is 21.5. The van der Waals surface area contributed by atoms with Gasteiger partial charge in [0.2, 0.25) is 15.9 Å². The fourth-order valence-electron chi connectivity index (χ4n) is 2.57. The lowest BCUT2D eigenvalue weighted by Crippen LogP contribution is -2.36. The maximum Gasteiger partial charge on any atom is 0.239 e. The molecule has 0 bridgehead atoms. The van der Waals surface area contributed by atoms with Gasteiger partial charge < -0.3 is 20.7 Å². The number of primary amides is 1. The molecule has 0 aromatic heterocycles. The number of nitrogens with one attached hydrogen (secondary N) is 2. The van der Waals surface area contributed by atoms with Crippen molar-refractivity contribution in [1.82, 2.24) is 5.32 Å². The van der Waals surface area contributed by atoms with Gasteiger partial charge in [-0.25, -0.2) is 8.42 Å². The third kappa shape index (κ3) is 5.84. The molecule has 2 rings (SSSR count). The molecular formula is C18H23N3O6S. The Labute approximate surface area is 163 Å². The number of phenols is 1. The summed E-state index contributed by atoms with van der Waals surface area (Å²) in [6.07, 6.45) is -0.135. The second kappa shape index (κ2) is 8.91. The fraction of sp³-hybridized carbons (Fsp3) is 0.278. The Hall–Kier alpha value is -2.82. The summed E-state index contributed by atoms with van der Waals surface area (Å²) in [5.41, 5.74) is 6.34. The summed E-state index contributed by atoms with van der Waals surface area (Å²) < 4.78 is 30.0. The smallest absolute Gasteiger partial charge is 0.239 e. The van der Waals surface area contributed by atoms with Crippen molar-refractivity contribution in [3.63, 3.8) is 0 Å². The number of aliphatic hydroxyl groups is 1. The SMILES string of the molecule is COc1ccc(C(NC[C@@H](O)c2ccc(O)c(NS(C)(=O)=O)c2)C(N)=O)cc1. The van der Waals surface area contributed by atoms with Crippen LogP contribution in [0.3, 0.4) is 0 Å². The number of methoxy groups -OCH3 is 1. The average Bonchev–Trinajstić information content (AvgIpc) is 2.62. The molecule has 0 radical (unpaired) electrons. The van der Waals surface area contributed by atoms with Crippen LogP contribution >= 0.6 is 0 Å². The molecular weight excluding hydrogens is 386 g/mol. The zero-order valence-corrected chi connectivity index (χ0v) is 16.2. The van der Waals surface area contributed by atoms with E-state index in [9.17, 15) is 23.4 Å². The minimum absolute atomic E-state index is 0.0390. The summed E-state index contributed by atoms with van der Waals surface area (Å²) in [5, 5.41) is 23.1. The molecule has 0 saturated heterocycles. The van der Waals surface area contributed by atoms with Crippen molar-refractivity contribution in [2.24, 2.45) is 5.73 Å². The Bertz CT molecular complexity index is 931. The van der Waals surface area contributed by atoms with Gasteiger partial charge >= 0.3 is 0 Å². The number of carbonyl (C=O) groups is 1. The zero-order chi connectivity index (χ0) is 20.9. The molecule has 2 aromatic rings. The van der Waals surface area contributed by atoms with Crippen LogP contribution in [0.4, 0.5) is 5.69 Å². The lowest BCUT2D eigenvalue weighted by Gasteiger charge is -2.19. The van der Waals surface area contributed by atoms with E-state index in [1.807, 2.05) is 0 Å². The Morgan fingerprint density at radius 1 is 1.18 bits per heavy atom. The van der Waals surface area contributed by atoms with Crippen LogP contribution in [0.1, 0.15) is 23.3 Å². The molecule has 6 N–H and O–H groups in total. The lowest BCUT2D eigenvalue weighted by molar-refractivity contribution is -0.120. The highest BCUT2D eigenvalue weighted by molar-refractivity contribution is 7.92. The fourth-order valence-corrected chi connectivity index (χ4v) is 3.13. The number of aliphatic hydroxyl groups excluding tert-OH is 1. The van der Waals surface area contributed by atoms with Crippen molar-refractivity contribution in [2.75, 3.05) is 24.6 Å². The van der Waals surface area contributed by atoms with Gasteiger partial charge in [-0.2, -0.15) is 0 Å². The largest absolute Gasteiger partial charge is 0.506 e. The van der Waals surface area contributed by atoms with E-state index in [0.29, 0.717) is 16.9 Å². The van der Waals surface area contributed by atoms with Gasteiger partial charge in [0, 0.05) is 6.54 Å². The van der Waals surface area contributed by atoms with Gasteiger partial charge in [0.25, 0.3) is 0 Å². The van der Waals surface area contributed by atoms with E-state index < -0.39 is 28.1 Å². The van der Waals surface area contributed by atoms with Crippen molar-refractivity contribution in [3.8, 4) is 11.5 Å². The van der Waals surface area contributed by atoms with Crippen LogP contribution in [0.25, 0.3) is 0 Å². The Morgan fingerprint density at radius 2 is 1.79 bits per heavy atom. The van der Waals surface area contributed by atoms with Gasteiger partial charge in [0.1, 0.15) is 17.5 Å². The standard InChI is InChI=1S/C18H23N3O6S/c1-27-13-6-3-11(4-7-13)17(18(19)24)20-10-16(23)12-5-8-15(22)14(9-12)21-28(2,25)26/h3-9,16-17,20-23H,10H2,1-2H3,(H2,19,24)/t16-,17?/m1/s1. The number of rotatable bonds is 9. The van der Waals surface area contributed by atoms with Crippen molar-refractivity contribution < 1.29 is 28.2 Å². The number of phenolic OH excluding ortho intramolecular Hbond substituents is 1. The number of hydrogen-bond donors (Lipinski definition) is 5. The molecule has 0 heterocycles. The number of anilines is 1. The van der Waals surface area contributed by atoms with Gasteiger partial charge in [-0.15, -0.1) is 0 Å². The number of hydrogen-bond acceptors (Lipinski definition) is 7. The van der Waals surface area contributed by atoms with Gasteiger partial charge in [0.05, 0.1) is 25.2 Å². The van der Waals surface area contributed by atoms with Gasteiger partial charge in [-0.05, 0) is 35.4 Å². The summed E-state index contributed by atoms with van der Waals surface area (Å²) in [7, 11) is -2.07. The average molecular weight is 409 g/mol. The first-order valence-corrected chi connectivity index (χ1v) is 10.1. The molecule has 2 aromatic carbocycles. The van der Waals surface area contributed by atoms with Crippen molar-refractivity contribution in [3.05, 3.63) is 53.6 Å². The number of aromatic hydroxyl groups is 1. The number of nitrogens with two attached hydrogens (primary N) is 1. The summed E-state index contributed by atoms with van der Waals surface area (Å²) in [4.78, 5) is 11.8. The predicted octanol–water partition coefficient (Wildman–Crippen LogP) is 0.622. The van der Waals surface area contributed by atoms with Crippen molar-refractivity contribution in [2.45, 2.75) is 12.1 Å². The van der Waals surface area contributed by atoms with E-state index in [1.165, 1.54) is 25.3 Å². The normalized spacial score (nSPS) is 13.5. The van der Waals surface area contributed by atoms with Crippen LogP contribution in [0.5, 0.6) is 11.5 Å². The summed E-state index contributed by atoms with van der Waals surface area (Å²) in [5.74, 6) is -0.271. The maximum atomic E-state index is 11.8. The Balaban J connectivity index is 2.13. The molecule has 1 amide bonds. The van der Waals surface area contributed by atoms with Crippen LogP contribution in [0.2, 0.25) is 0 Å². The molecule has 0 fully saturated rings. The monoisotopic (exact) mass is 409 g/mol. The topological polar surface area (TPSA) is 151 Å². The number of benzene rings is 2. The summed E-state index contributed by atoms with van der Waals surface area (Å²) in [6, 6.07) is 9.92. The van der Waals surface area contributed by atoms with Crippen LogP contribution in [-0.2, 0) is 14.8 Å². The molecule has 0 saturated carbocycles. The highest BCUT2D eigenvalue weighted by Gasteiger charge is 2.20. The first-order chi connectivity index (χ1) is 13.1. The number of sulfonamides is 1. The minimum Gasteiger partial charge on any atom is -0.506 e. The van der Waals surface area contributed by atoms with Crippen LogP contribution in [0.15, 0.2) is 42.5 Å². The van der Waals surface area contributed by atoms with Crippen molar-refractivity contribution in [1.29, 1.82) is 0 Å². The number of amides is 1. The highest BCUT2D eigenvalue weighted by Crippen LogP contribution is 2.28. The van der Waals surface area contributed by atoms with E-state index in [1.54, 1.807) is 24.3 Å². The molecule has 152 valence electrons. The molecule has 0 spiro atoms. The predicted molar refractivity (Wildman–Crippen MR) is 104 cm³/mol. The second-order valence-electron chi connectivity index (χ2n) is 6.18. The molecule has 0 aliphatic heterocycles. The van der Waals surface area contributed by atoms with Gasteiger partial charge in [-0.1, -0.05) is 18.2 Å². The van der Waals surface area contributed by atoms with Crippen LogP contribution < -0.4 is 20.5 Å². The Kier molecular flexibility index (Phi) is 6.84. The van der Waals surface area contributed by atoms with E-state index in [-0.39, 0.29) is 18.0 Å². The number of ether oxygens (including phenoxy) is 1. The van der Waals surface area contributed by atoms with Gasteiger partial charge in [-0.3, -0.25) is 14.8 Å². The van der Waals surface area contributed by atoms with Gasteiger partial charge in [0.15, 0.2) is 0 Å². The molecule has 0 aliphatic carbocycles. The van der Waals surface area contributed by atoms with Crippen LogP contribution in [0, 0.1) is 0 Å². The molecule has 9 nitrogen and oxygen atoms in total. The van der Waals surface area contributed by atoms with Crippen LogP contribution in [-0.4, -0.2) is 44.4 Å². The molecule has 28 heavy (non-hydrogen) atoms. The van der Waals surface area contributed by atoms with Crippen molar-refractivity contribution >= 4 is 21.6 Å². The maximum absolute atomic E-state index is 11.8.